The summed E-state index contributed by atoms with van der Waals surface area (Å²) >= 11 is 0. The normalized spacial score (nSPS) is 17.2. The number of pyridine rings is 1. The van der Waals surface area contributed by atoms with E-state index in [9.17, 15) is 9.18 Å². The third-order valence-corrected chi connectivity index (χ3v) is 5.19. The molecule has 1 aliphatic rings. The summed E-state index contributed by atoms with van der Waals surface area (Å²) < 4.78 is 15.8. The zero-order valence-electron chi connectivity index (χ0n) is 16.2. The van der Waals surface area contributed by atoms with E-state index in [1.54, 1.807) is 27.9 Å². The number of hydrogen-bond acceptors (Lipinski definition) is 4. The number of urea groups is 1. The number of carbonyl (C=O) groups excluding carboxylic acids is 1. The van der Waals surface area contributed by atoms with Gasteiger partial charge in [0.15, 0.2) is 5.65 Å². The Morgan fingerprint density at radius 2 is 2.07 bits per heavy atom. The van der Waals surface area contributed by atoms with Gasteiger partial charge in [0.2, 0.25) is 0 Å². The molecular formula is C20H23FN6O. The minimum Gasteiger partial charge on any atom is -0.363 e. The fourth-order valence-electron chi connectivity index (χ4n) is 3.76. The lowest BCUT2D eigenvalue weighted by atomic mass is 10.1. The number of aryl methyl sites for hydroxylation is 2. The second-order valence-corrected chi connectivity index (χ2v) is 7.17. The molecule has 146 valence electrons. The molecule has 4 rings (SSSR count). The van der Waals surface area contributed by atoms with Crippen LogP contribution in [0.15, 0.2) is 36.5 Å². The molecule has 1 aliphatic heterocycles. The molecule has 2 amide bonds. The third-order valence-electron chi connectivity index (χ3n) is 5.19. The highest BCUT2D eigenvalue weighted by molar-refractivity contribution is 5.92. The summed E-state index contributed by atoms with van der Waals surface area (Å²) in [6.07, 6.45) is 1.64. The van der Waals surface area contributed by atoms with Crippen LogP contribution in [0, 0.1) is 12.7 Å². The van der Waals surface area contributed by atoms with Crippen molar-refractivity contribution in [1.82, 2.24) is 19.7 Å². The van der Waals surface area contributed by atoms with Crippen molar-refractivity contribution in [2.75, 3.05) is 29.9 Å². The van der Waals surface area contributed by atoms with Crippen LogP contribution in [-0.4, -0.2) is 51.4 Å². The summed E-state index contributed by atoms with van der Waals surface area (Å²) in [5.74, 6) is -0.238. The molecule has 0 saturated carbocycles. The van der Waals surface area contributed by atoms with Crippen molar-refractivity contribution in [3.8, 4) is 0 Å². The predicted octanol–water partition coefficient (Wildman–Crippen LogP) is 3.16. The van der Waals surface area contributed by atoms with E-state index < -0.39 is 0 Å². The lowest BCUT2D eigenvalue weighted by Gasteiger charge is -2.41. The van der Waals surface area contributed by atoms with Gasteiger partial charge in [-0.15, -0.1) is 0 Å². The van der Waals surface area contributed by atoms with Gasteiger partial charge < -0.3 is 15.1 Å². The van der Waals surface area contributed by atoms with Gasteiger partial charge in [-0.1, -0.05) is 12.1 Å². The molecule has 0 spiro atoms. The summed E-state index contributed by atoms with van der Waals surface area (Å²) in [7, 11) is 1.84. The van der Waals surface area contributed by atoms with Crippen molar-refractivity contribution < 1.29 is 9.18 Å². The average Bonchev–Trinajstić information content (AvgIpc) is 2.96. The van der Waals surface area contributed by atoms with Gasteiger partial charge >= 0.3 is 6.03 Å². The molecule has 1 saturated heterocycles. The Morgan fingerprint density at radius 1 is 1.29 bits per heavy atom. The van der Waals surface area contributed by atoms with Crippen LogP contribution in [0.2, 0.25) is 0 Å². The van der Waals surface area contributed by atoms with Crippen LogP contribution in [0.1, 0.15) is 12.6 Å². The van der Waals surface area contributed by atoms with Crippen molar-refractivity contribution in [2.24, 2.45) is 7.05 Å². The van der Waals surface area contributed by atoms with E-state index in [2.05, 4.69) is 15.4 Å². The van der Waals surface area contributed by atoms with Crippen LogP contribution in [0.3, 0.4) is 0 Å². The zero-order chi connectivity index (χ0) is 19.8. The number of nitrogens with one attached hydrogen (secondary N) is 1. The number of para-hydroxylation sites is 1. The van der Waals surface area contributed by atoms with Crippen molar-refractivity contribution >= 4 is 28.4 Å². The minimum atomic E-state index is -0.238. The summed E-state index contributed by atoms with van der Waals surface area (Å²) in [5, 5.41) is 8.19. The van der Waals surface area contributed by atoms with E-state index in [0.29, 0.717) is 31.0 Å². The molecule has 1 fully saturated rings. The van der Waals surface area contributed by atoms with Gasteiger partial charge in [0.1, 0.15) is 5.82 Å². The number of amides is 2. The molecule has 3 aromatic rings. The first kappa shape index (κ1) is 18.2. The molecule has 1 aromatic carbocycles. The monoisotopic (exact) mass is 382 g/mol. The highest BCUT2D eigenvalue weighted by Crippen LogP contribution is 2.24. The van der Waals surface area contributed by atoms with Crippen LogP contribution in [-0.2, 0) is 7.05 Å². The van der Waals surface area contributed by atoms with E-state index in [-0.39, 0.29) is 17.9 Å². The van der Waals surface area contributed by atoms with E-state index in [1.807, 2.05) is 37.9 Å². The maximum atomic E-state index is 14.1. The van der Waals surface area contributed by atoms with E-state index >= 15 is 0 Å². The second kappa shape index (κ2) is 7.10. The number of halogens is 1. The van der Waals surface area contributed by atoms with Gasteiger partial charge in [-0.05, 0) is 32.0 Å². The molecule has 3 heterocycles. The minimum absolute atomic E-state index is 0.0116. The van der Waals surface area contributed by atoms with Gasteiger partial charge in [0.25, 0.3) is 0 Å². The molecule has 28 heavy (non-hydrogen) atoms. The molecule has 8 heteroatoms. The largest absolute Gasteiger partial charge is 0.363 e. The molecule has 1 N–H and O–H groups in total. The molecular weight excluding hydrogens is 359 g/mol. The Hall–Kier alpha value is -3.16. The molecule has 2 aromatic heterocycles. The fraction of sp³-hybridized carbons (Fsp3) is 0.350. The van der Waals surface area contributed by atoms with Crippen molar-refractivity contribution in [2.45, 2.75) is 19.9 Å². The molecule has 0 radical (unpaired) electrons. The lowest BCUT2D eigenvalue weighted by molar-refractivity contribution is 0.200. The van der Waals surface area contributed by atoms with E-state index in [0.717, 1.165) is 16.7 Å². The molecule has 1 atom stereocenters. The quantitative estimate of drug-likeness (QED) is 0.739. The maximum absolute atomic E-state index is 14.1. The molecule has 0 unspecified atom stereocenters. The Balaban J connectivity index is 1.45. The number of aromatic nitrogens is 3. The third kappa shape index (κ3) is 3.26. The van der Waals surface area contributed by atoms with Crippen LogP contribution < -0.4 is 10.2 Å². The SMILES string of the molecule is Cc1nn(C)c2ncc(NC(=O)N3CCN(c4ccccc4F)[C@H](C)C3)cc12. The van der Waals surface area contributed by atoms with Crippen molar-refractivity contribution in [3.05, 3.63) is 48.0 Å². The van der Waals surface area contributed by atoms with Gasteiger partial charge in [0.05, 0.1) is 23.3 Å². The van der Waals surface area contributed by atoms with Gasteiger partial charge in [-0.3, -0.25) is 4.68 Å². The van der Waals surface area contributed by atoms with Crippen LogP contribution >= 0.6 is 0 Å². The Morgan fingerprint density at radius 3 is 2.82 bits per heavy atom. The van der Waals surface area contributed by atoms with Crippen LogP contribution in [0.25, 0.3) is 11.0 Å². The highest BCUT2D eigenvalue weighted by Gasteiger charge is 2.28. The molecule has 0 aliphatic carbocycles. The Kier molecular flexibility index (Phi) is 4.62. The molecule has 0 bridgehead atoms. The fourth-order valence-corrected chi connectivity index (χ4v) is 3.76. The maximum Gasteiger partial charge on any atom is 0.322 e. The van der Waals surface area contributed by atoms with Gasteiger partial charge in [-0.25, -0.2) is 14.2 Å². The summed E-state index contributed by atoms with van der Waals surface area (Å²) in [5.41, 5.74) is 2.87. The first-order valence-electron chi connectivity index (χ1n) is 9.30. The van der Waals surface area contributed by atoms with Crippen molar-refractivity contribution in [1.29, 1.82) is 0 Å². The number of rotatable bonds is 2. The number of carbonyl (C=O) groups is 1. The average molecular weight is 382 g/mol. The van der Waals surface area contributed by atoms with Gasteiger partial charge in [-0.2, -0.15) is 5.10 Å². The van der Waals surface area contributed by atoms with Crippen molar-refractivity contribution in [3.63, 3.8) is 0 Å². The summed E-state index contributed by atoms with van der Waals surface area (Å²) in [4.78, 5) is 20.9. The van der Waals surface area contributed by atoms with Gasteiger partial charge in [0, 0.05) is 38.1 Å². The van der Waals surface area contributed by atoms with Crippen LogP contribution in [0.5, 0.6) is 0 Å². The topological polar surface area (TPSA) is 66.3 Å². The number of fused-ring (bicyclic) bond motifs is 1. The standard InChI is InChI=1S/C20H23FN6O/c1-13-12-26(8-9-27(13)18-7-5-4-6-17(18)21)20(28)23-15-10-16-14(2)24-25(3)19(16)22-11-15/h4-7,10-11,13H,8-9,12H2,1-3H3,(H,23,28)/t13-/m1/s1. The first-order valence-corrected chi connectivity index (χ1v) is 9.30. The summed E-state index contributed by atoms with van der Waals surface area (Å²) in [6.45, 7) is 5.53. The smallest absolute Gasteiger partial charge is 0.322 e. The zero-order valence-corrected chi connectivity index (χ0v) is 16.2. The molecule has 7 nitrogen and oxygen atoms in total. The Labute approximate surface area is 162 Å². The number of benzene rings is 1. The number of anilines is 2. The number of hydrogen-bond donors (Lipinski definition) is 1. The van der Waals surface area contributed by atoms with E-state index in [4.69, 9.17) is 0 Å². The Bertz CT molecular complexity index is 1030. The first-order chi connectivity index (χ1) is 13.4. The second-order valence-electron chi connectivity index (χ2n) is 7.17. The van der Waals surface area contributed by atoms with E-state index in [1.165, 1.54) is 6.07 Å². The predicted molar refractivity (Wildman–Crippen MR) is 107 cm³/mol. The van der Waals surface area contributed by atoms with Crippen LogP contribution in [0.4, 0.5) is 20.6 Å². The number of nitrogens with zero attached hydrogens (tertiary/aromatic N) is 5. The highest BCUT2D eigenvalue weighted by atomic mass is 19.1. The number of piperazine rings is 1. The summed E-state index contributed by atoms with van der Waals surface area (Å²) in [6, 6.07) is 8.47. The lowest BCUT2D eigenvalue weighted by Crippen LogP contribution is -2.55.